The predicted octanol–water partition coefficient (Wildman–Crippen LogP) is 8.62. The Hall–Kier alpha value is -9.71. The molecule has 0 fully saturated rings. The zero-order chi connectivity index (χ0) is 47.8. The molecule has 2 aliphatic heterocycles. The minimum Gasteiger partial charge on any atom is -0.357 e. The molecule has 0 atom stereocenters. The van der Waals surface area contributed by atoms with E-state index in [1.807, 2.05) is 97.1 Å². The molecular formula is C56H32MgN16. The molecule has 8 bridgehead atoms. The van der Waals surface area contributed by atoms with Crippen LogP contribution in [0.1, 0.15) is 45.6 Å². The third kappa shape index (κ3) is 8.19. The molecule has 0 radical (unpaired) electrons. The normalized spacial score (nSPS) is 12.2. The standard InChI is InChI=1S/C56H32N16.Mg/c1-17-57-18-2-33(1)41-42(34-3-19-58-20-4-34)50-65-49(41)69-51-43(35-5-21-59-22-6-35)44(36-7-23-60-24-8-36)53(66-51)71-55-47(39-13-29-63-30-14-39)48(40-15-31-64-32-16-40)56(68-55)72-54-46(38-11-27-62-28-12-38)45(52(67-54)70-50)37-9-25-61-26-10-37;/h1-32H;/q-2;+2. The van der Waals surface area contributed by atoms with E-state index in [1.165, 1.54) is 0 Å². The molecule has 0 N–H and O–H groups in total. The molecular weight excluding hydrogens is 921 g/mol. The molecule has 0 aromatic carbocycles. The topological polar surface area (TPSA) is 209 Å². The molecule has 0 aliphatic carbocycles. The van der Waals surface area contributed by atoms with Crippen molar-refractivity contribution in [3.8, 4) is 44.5 Å². The Bertz CT molecular complexity index is 3530. The molecule has 0 saturated carbocycles. The molecule has 13 rings (SSSR count). The van der Waals surface area contributed by atoms with Crippen LogP contribution < -0.4 is 9.97 Å². The maximum Gasteiger partial charge on any atom is 2.00 e. The monoisotopic (exact) mass is 952 g/mol. The van der Waals surface area contributed by atoms with Gasteiger partial charge in [-0.2, -0.15) is 0 Å². The third-order valence-electron chi connectivity index (χ3n) is 12.2. The van der Waals surface area contributed by atoms with Gasteiger partial charge in [0.15, 0.2) is 0 Å². The second-order valence-corrected chi connectivity index (χ2v) is 16.4. The summed E-state index contributed by atoms with van der Waals surface area (Å²) in [5, 5.41) is 0. The molecule has 11 aromatic rings. The van der Waals surface area contributed by atoms with Gasteiger partial charge in [-0.15, -0.1) is 0 Å². The summed E-state index contributed by atoms with van der Waals surface area (Å²) < 4.78 is 0. The van der Waals surface area contributed by atoms with E-state index in [-0.39, 0.29) is 23.1 Å². The molecule has 0 amide bonds. The van der Waals surface area contributed by atoms with Crippen molar-refractivity contribution in [1.82, 2.24) is 79.7 Å². The van der Waals surface area contributed by atoms with Crippen LogP contribution in [0.3, 0.4) is 0 Å². The molecule has 73 heavy (non-hydrogen) atoms. The van der Waals surface area contributed by atoms with Crippen LogP contribution >= 0.6 is 0 Å². The number of hydrogen-bond donors (Lipinski definition) is 0. The molecule has 338 valence electrons. The quantitative estimate of drug-likeness (QED) is 0.131. The van der Waals surface area contributed by atoms with Crippen molar-refractivity contribution in [3.05, 3.63) is 242 Å². The van der Waals surface area contributed by atoms with Gasteiger partial charge in [-0.05, 0) is 142 Å². The maximum absolute atomic E-state index is 5.48. The van der Waals surface area contributed by atoms with Crippen LogP contribution in [0.5, 0.6) is 0 Å². The average molecular weight is 953 g/mol. The molecule has 13 heterocycles. The first kappa shape index (κ1) is 44.5. The van der Waals surface area contributed by atoms with Crippen LogP contribution in [0.4, 0.5) is 0 Å². The maximum atomic E-state index is 5.48. The van der Waals surface area contributed by atoms with Crippen LogP contribution in [0, 0.1) is 0 Å². The summed E-state index contributed by atoms with van der Waals surface area (Å²) in [6, 6.07) is 30.9. The average Bonchev–Trinajstić information content (AvgIpc) is 4.20. The molecule has 0 spiro atoms. The SMILES string of the molecule is [Mg+2].c1cc(C2=C(c3ccncc3)c3nc2nc2[n-]c(nc4nc(nc5[n-]c(n3)c(-c3ccncc3)c5-c3ccncc3)C(c3ccncc3)=C4c3ccncc3)c(-c3ccncc3)c2-c2ccncc2)ccn1. The Labute approximate surface area is 431 Å². The van der Waals surface area contributed by atoms with E-state index >= 15 is 0 Å². The summed E-state index contributed by atoms with van der Waals surface area (Å²) in [6.45, 7) is 0. The minimum absolute atomic E-state index is 0. The van der Waals surface area contributed by atoms with Crippen molar-refractivity contribution in [2.75, 3.05) is 0 Å². The van der Waals surface area contributed by atoms with E-state index in [1.54, 1.807) is 99.1 Å². The Kier molecular flexibility index (Phi) is 11.7. The Balaban J connectivity index is 0.00000543. The first-order valence-corrected chi connectivity index (χ1v) is 22.7. The second kappa shape index (κ2) is 19.2. The van der Waals surface area contributed by atoms with Crippen molar-refractivity contribution in [3.63, 3.8) is 0 Å². The summed E-state index contributed by atoms with van der Waals surface area (Å²) in [7, 11) is 0. The van der Waals surface area contributed by atoms with Crippen LogP contribution in [0.15, 0.2) is 196 Å². The molecule has 16 nitrogen and oxygen atoms in total. The second-order valence-electron chi connectivity index (χ2n) is 16.4. The van der Waals surface area contributed by atoms with E-state index in [4.69, 9.17) is 39.9 Å². The van der Waals surface area contributed by atoms with Gasteiger partial charge < -0.3 is 29.9 Å². The number of hydrogen-bond acceptors (Lipinski definition) is 14. The smallest absolute Gasteiger partial charge is 0.357 e. The van der Waals surface area contributed by atoms with Gasteiger partial charge in [0.05, 0.1) is 23.3 Å². The van der Waals surface area contributed by atoms with Crippen LogP contribution in [0.2, 0.25) is 0 Å². The molecule has 0 unspecified atom stereocenters. The van der Waals surface area contributed by atoms with Gasteiger partial charge in [-0.1, -0.05) is 0 Å². The number of rotatable bonds is 8. The van der Waals surface area contributed by atoms with Gasteiger partial charge in [0, 0.05) is 166 Å². The first-order valence-electron chi connectivity index (χ1n) is 22.7. The van der Waals surface area contributed by atoms with Crippen molar-refractivity contribution >= 4 is 67.9 Å². The first-order chi connectivity index (χ1) is 35.7. The summed E-state index contributed by atoms with van der Waals surface area (Å²) in [4.78, 5) is 78.5. The van der Waals surface area contributed by atoms with E-state index in [0.717, 1.165) is 44.5 Å². The number of pyridine rings is 8. The van der Waals surface area contributed by atoms with Gasteiger partial charge in [0.1, 0.15) is 0 Å². The number of fused-ring (bicyclic) bond motifs is 8. The summed E-state index contributed by atoms with van der Waals surface area (Å²) in [5.41, 5.74) is 13.4. The zero-order valence-electron chi connectivity index (χ0n) is 38.3. The largest absolute Gasteiger partial charge is 2.00 e. The fourth-order valence-electron chi connectivity index (χ4n) is 9.13. The van der Waals surface area contributed by atoms with Crippen LogP contribution in [0.25, 0.3) is 89.4 Å². The summed E-state index contributed by atoms with van der Waals surface area (Å²) >= 11 is 0. The van der Waals surface area contributed by atoms with Gasteiger partial charge in [-0.25, -0.2) is 9.97 Å². The van der Waals surface area contributed by atoms with Gasteiger partial charge in [-0.3, -0.25) is 39.9 Å². The van der Waals surface area contributed by atoms with Crippen LogP contribution in [-0.2, 0) is 0 Å². The fraction of sp³-hybridized carbons (Fsp3) is 0. The van der Waals surface area contributed by atoms with Crippen LogP contribution in [-0.4, -0.2) is 92.8 Å². The Morgan fingerprint density at radius 2 is 0.370 bits per heavy atom. The number of aromatic nitrogens is 16. The molecule has 17 heteroatoms. The molecule has 11 aromatic heterocycles. The van der Waals surface area contributed by atoms with Crippen molar-refractivity contribution in [2.45, 2.75) is 0 Å². The van der Waals surface area contributed by atoms with Crippen molar-refractivity contribution in [2.24, 2.45) is 0 Å². The Morgan fingerprint density at radius 3 is 0.548 bits per heavy atom. The third-order valence-corrected chi connectivity index (χ3v) is 12.2. The zero-order valence-corrected chi connectivity index (χ0v) is 39.8. The summed E-state index contributed by atoms with van der Waals surface area (Å²) in [6.07, 6.45) is 27.9. The minimum atomic E-state index is 0. The van der Waals surface area contributed by atoms with E-state index in [9.17, 15) is 0 Å². The van der Waals surface area contributed by atoms with E-state index < -0.39 is 0 Å². The van der Waals surface area contributed by atoms with Gasteiger partial charge >= 0.3 is 23.1 Å². The summed E-state index contributed by atoms with van der Waals surface area (Å²) in [5.74, 6) is 1.40. The number of nitrogens with zero attached hydrogens (tertiary/aromatic N) is 16. The van der Waals surface area contributed by atoms with E-state index in [0.29, 0.717) is 90.4 Å². The van der Waals surface area contributed by atoms with E-state index in [2.05, 4.69) is 39.9 Å². The predicted molar refractivity (Wildman–Crippen MR) is 276 cm³/mol. The van der Waals surface area contributed by atoms with Gasteiger partial charge in [0.25, 0.3) is 0 Å². The fourth-order valence-corrected chi connectivity index (χ4v) is 9.13. The molecule has 2 aliphatic rings. The van der Waals surface area contributed by atoms with Crippen molar-refractivity contribution < 1.29 is 0 Å². The van der Waals surface area contributed by atoms with Gasteiger partial charge in [0.2, 0.25) is 0 Å². The Morgan fingerprint density at radius 1 is 0.205 bits per heavy atom. The van der Waals surface area contributed by atoms with Crippen molar-refractivity contribution in [1.29, 1.82) is 0 Å². The molecule has 0 saturated heterocycles.